The molecule has 4 rings (SSSR count). The Bertz CT molecular complexity index is 1480. The number of carbonyl (C=O) groups excluding carboxylic acids is 2. The molecule has 2 amide bonds. The Morgan fingerprint density at radius 1 is 0.929 bits per heavy atom. The van der Waals surface area contributed by atoms with Gasteiger partial charge in [0.25, 0.3) is 0 Å². The van der Waals surface area contributed by atoms with E-state index >= 15 is 0 Å². The summed E-state index contributed by atoms with van der Waals surface area (Å²) in [5.74, 6) is -0.770. The van der Waals surface area contributed by atoms with Crippen molar-refractivity contribution in [1.82, 2.24) is 10.2 Å². The van der Waals surface area contributed by atoms with Gasteiger partial charge in [-0.15, -0.1) is 0 Å². The van der Waals surface area contributed by atoms with Crippen molar-refractivity contribution in [2.75, 3.05) is 17.1 Å². The second kappa shape index (κ2) is 14.4. The number of rotatable bonds is 11. The summed E-state index contributed by atoms with van der Waals surface area (Å²) in [6.45, 7) is 1.57. The summed E-state index contributed by atoms with van der Waals surface area (Å²) in [4.78, 5) is 29.7. The molecule has 0 radical (unpaired) electrons. The summed E-state index contributed by atoms with van der Waals surface area (Å²) in [5.41, 5.74) is 2.92. The Balaban J connectivity index is 1.73. The number of anilines is 1. The minimum absolute atomic E-state index is 0.0428. The minimum atomic E-state index is -3.93. The van der Waals surface area contributed by atoms with Crippen LogP contribution in [0.3, 0.4) is 0 Å². The molecule has 0 spiro atoms. The molecule has 224 valence electrons. The van der Waals surface area contributed by atoms with Gasteiger partial charge in [-0.1, -0.05) is 103 Å². The first-order valence-corrected chi connectivity index (χ1v) is 16.7. The van der Waals surface area contributed by atoms with Gasteiger partial charge in [0, 0.05) is 24.0 Å². The fourth-order valence-electron chi connectivity index (χ4n) is 5.27. The molecule has 1 aliphatic rings. The van der Waals surface area contributed by atoms with Crippen molar-refractivity contribution < 1.29 is 18.0 Å². The van der Waals surface area contributed by atoms with E-state index in [1.807, 2.05) is 61.5 Å². The van der Waals surface area contributed by atoms with Gasteiger partial charge in [-0.3, -0.25) is 13.9 Å². The first-order valence-electron chi connectivity index (χ1n) is 14.1. The molecule has 1 saturated carbocycles. The molecule has 7 nitrogen and oxygen atoms in total. The fraction of sp³-hybridized carbons (Fsp3) is 0.375. The summed E-state index contributed by atoms with van der Waals surface area (Å²) in [6, 6.07) is 20.9. The number of halogens is 2. The van der Waals surface area contributed by atoms with Crippen molar-refractivity contribution in [2.45, 2.75) is 64.1 Å². The maximum absolute atomic E-state index is 14.2. The van der Waals surface area contributed by atoms with Crippen LogP contribution in [0.2, 0.25) is 10.0 Å². The molecule has 0 aliphatic heterocycles. The number of hydrogen-bond acceptors (Lipinski definition) is 4. The van der Waals surface area contributed by atoms with Gasteiger partial charge in [-0.05, 0) is 49.1 Å². The summed E-state index contributed by atoms with van der Waals surface area (Å²) >= 11 is 12.4. The number of aryl methyl sites for hydroxylation is 1. The number of carbonyl (C=O) groups is 2. The van der Waals surface area contributed by atoms with E-state index in [0.717, 1.165) is 59.4 Å². The summed E-state index contributed by atoms with van der Waals surface area (Å²) in [7, 11) is -3.93. The number of benzene rings is 3. The highest BCUT2D eigenvalue weighted by Crippen LogP contribution is 2.31. The second-order valence-corrected chi connectivity index (χ2v) is 13.7. The highest BCUT2D eigenvalue weighted by Gasteiger charge is 2.34. The van der Waals surface area contributed by atoms with E-state index in [2.05, 4.69) is 5.32 Å². The predicted octanol–water partition coefficient (Wildman–Crippen LogP) is 6.16. The Hall–Kier alpha value is -3.07. The zero-order chi connectivity index (χ0) is 30.3. The van der Waals surface area contributed by atoms with Crippen molar-refractivity contribution in [2.24, 2.45) is 0 Å². The Morgan fingerprint density at radius 2 is 1.60 bits per heavy atom. The number of nitrogens with one attached hydrogen (secondary N) is 1. The van der Waals surface area contributed by atoms with Gasteiger partial charge < -0.3 is 10.2 Å². The van der Waals surface area contributed by atoms with Crippen LogP contribution in [0, 0.1) is 6.92 Å². The highest BCUT2D eigenvalue weighted by atomic mass is 35.5. The summed E-state index contributed by atoms with van der Waals surface area (Å²) in [6.07, 6.45) is 6.33. The lowest BCUT2D eigenvalue weighted by Crippen LogP contribution is -2.55. The lowest BCUT2D eigenvalue weighted by Gasteiger charge is -2.35. The second-order valence-electron chi connectivity index (χ2n) is 10.9. The van der Waals surface area contributed by atoms with Crippen LogP contribution in [0.4, 0.5) is 5.69 Å². The zero-order valence-electron chi connectivity index (χ0n) is 23.9. The molecule has 1 atom stereocenters. The van der Waals surface area contributed by atoms with Crippen LogP contribution < -0.4 is 9.62 Å². The predicted molar refractivity (Wildman–Crippen MR) is 169 cm³/mol. The first kappa shape index (κ1) is 31.9. The van der Waals surface area contributed by atoms with Gasteiger partial charge in [0.1, 0.15) is 12.6 Å². The lowest BCUT2D eigenvalue weighted by molar-refractivity contribution is -0.140. The molecule has 0 bridgehead atoms. The molecule has 1 fully saturated rings. The van der Waals surface area contributed by atoms with E-state index in [1.54, 1.807) is 0 Å². The van der Waals surface area contributed by atoms with Gasteiger partial charge in [0.2, 0.25) is 21.8 Å². The molecule has 0 heterocycles. The fourth-order valence-corrected chi connectivity index (χ4v) is 6.69. The number of amides is 2. The average Bonchev–Trinajstić information content (AvgIpc) is 2.95. The standard InChI is InChI=1S/C32H37Cl2N3O4S/c1-23-13-15-25(16-14-23)21-36(31(38)22-37(42(2,40)41)29-18-17-26(33)20-28(29)34)30(19-24-9-5-3-6-10-24)32(39)35-27-11-7-4-8-12-27/h3,5-6,9-10,13-18,20,27,30H,4,7-8,11-12,19,21-22H2,1-2H3,(H,35,39)/t30-/m0/s1. The molecular weight excluding hydrogens is 593 g/mol. The molecule has 3 aromatic rings. The minimum Gasteiger partial charge on any atom is -0.352 e. The normalized spacial score (nSPS) is 14.7. The van der Waals surface area contributed by atoms with E-state index in [9.17, 15) is 18.0 Å². The third-order valence-electron chi connectivity index (χ3n) is 7.55. The SMILES string of the molecule is Cc1ccc(CN(C(=O)CN(c2ccc(Cl)cc2Cl)S(C)(=O)=O)[C@@H](Cc2ccccc2)C(=O)NC2CCCCC2)cc1. The zero-order valence-corrected chi connectivity index (χ0v) is 26.3. The van der Waals surface area contributed by atoms with Crippen LogP contribution in [-0.2, 0) is 32.6 Å². The Morgan fingerprint density at radius 3 is 2.21 bits per heavy atom. The van der Waals surface area contributed by atoms with Gasteiger partial charge >= 0.3 is 0 Å². The van der Waals surface area contributed by atoms with E-state index in [-0.39, 0.29) is 35.6 Å². The third-order valence-corrected chi connectivity index (χ3v) is 9.22. The molecule has 1 N–H and O–H groups in total. The van der Waals surface area contributed by atoms with E-state index < -0.39 is 28.5 Å². The van der Waals surface area contributed by atoms with E-state index in [1.165, 1.54) is 23.1 Å². The largest absolute Gasteiger partial charge is 0.352 e. The third kappa shape index (κ3) is 8.72. The molecule has 0 aromatic heterocycles. The van der Waals surface area contributed by atoms with Gasteiger partial charge in [0.05, 0.1) is 17.0 Å². The quantitative estimate of drug-likeness (QED) is 0.275. The van der Waals surface area contributed by atoms with Gasteiger partial charge in [-0.25, -0.2) is 8.42 Å². The van der Waals surface area contributed by atoms with E-state index in [4.69, 9.17) is 23.2 Å². The van der Waals surface area contributed by atoms with Crippen molar-refractivity contribution in [3.63, 3.8) is 0 Å². The maximum atomic E-state index is 14.2. The molecule has 3 aromatic carbocycles. The van der Waals surface area contributed by atoms with Crippen LogP contribution >= 0.6 is 23.2 Å². The molecule has 0 unspecified atom stereocenters. The smallest absolute Gasteiger partial charge is 0.244 e. The van der Waals surface area contributed by atoms with Crippen LogP contribution in [0.1, 0.15) is 48.8 Å². The molecule has 1 aliphatic carbocycles. The molecule has 10 heteroatoms. The molecular formula is C32H37Cl2N3O4S. The Kier molecular flexibility index (Phi) is 10.9. The number of hydrogen-bond donors (Lipinski definition) is 1. The first-order chi connectivity index (χ1) is 20.0. The van der Waals surface area contributed by atoms with Crippen molar-refractivity contribution >= 4 is 50.7 Å². The van der Waals surface area contributed by atoms with Gasteiger partial charge in [0.15, 0.2) is 0 Å². The molecule has 0 saturated heterocycles. The monoisotopic (exact) mass is 629 g/mol. The highest BCUT2D eigenvalue weighted by molar-refractivity contribution is 7.92. The number of sulfonamides is 1. The van der Waals surface area contributed by atoms with E-state index in [0.29, 0.717) is 5.02 Å². The van der Waals surface area contributed by atoms with Crippen LogP contribution in [-0.4, -0.2) is 50.0 Å². The van der Waals surface area contributed by atoms with Crippen LogP contribution in [0.5, 0.6) is 0 Å². The average molecular weight is 631 g/mol. The van der Waals surface area contributed by atoms with Crippen molar-refractivity contribution in [3.05, 3.63) is 99.5 Å². The van der Waals surface area contributed by atoms with Crippen LogP contribution in [0.25, 0.3) is 0 Å². The van der Waals surface area contributed by atoms with Crippen LogP contribution in [0.15, 0.2) is 72.8 Å². The Labute approximate surface area is 258 Å². The lowest BCUT2D eigenvalue weighted by atomic mass is 9.94. The number of nitrogens with zero attached hydrogens (tertiary/aromatic N) is 2. The van der Waals surface area contributed by atoms with Crippen molar-refractivity contribution in [3.8, 4) is 0 Å². The summed E-state index contributed by atoms with van der Waals surface area (Å²) in [5, 5.41) is 3.64. The van der Waals surface area contributed by atoms with Crippen molar-refractivity contribution in [1.29, 1.82) is 0 Å². The topological polar surface area (TPSA) is 86.8 Å². The maximum Gasteiger partial charge on any atom is 0.244 e. The van der Waals surface area contributed by atoms with Gasteiger partial charge in [-0.2, -0.15) is 0 Å². The molecule has 42 heavy (non-hydrogen) atoms. The summed E-state index contributed by atoms with van der Waals surface area (Å²) < 4.78 is 26.9.